The van der Waals surface area contributed by atoms with Crippen LogP contribution in [-0.2, 0) is 0 Å². The van der Waals surface area contributed by atoms with E-state index in [0.717, 1.165) is 13.1 Å². The fourth-order valence-electron chi connectivity index (χ4n) is 1.58. The van der Waals surface area contributed by atoms with Gasteiger partial charge in [0.15, 0.2) is 5.76 Å². The summed E-state index contributed by atoms with van der Waals surface area (Å²) in [6.07, 6.45) is 1.60. The van der Waals surface area contributed by atoms with Crippen molar-refractivity contribution >= 4 is 0 Å². The molecule has 0 bridgehead atoms. The second-order valence-corrected chi connectivity index (χ2v) is 4.81. The summed E-state index contributed by atoms with van der Waals surface area (Å²) in [6, 6.07) is 3.80. The van der Waals surface area contributed by atoms with Crippen molar-refractivity contribution in [2.45, 2.75) is 26.8 Å². The molecule has 2 aromatic heterocycles. The van der Waals surface area contributed by atoms with E-state index in [2.05, 4.69) is 41.5 Å². The monoisotopic (exact) mass is 249 g/mol. The van der Waals surface area contributed by atoms with Crippen molar-refractivity contribution < 1.29 is 4.42 Å². The molecule has 2 heterocycles. The van der Waals surface area contributed by atoms with Gasteiger partial charge in [-0.15, -0.1) is 10.2 Å². The Labute approximate surface area is 106 Å². The smallest absolute Gasteiger partial charge is 0.240 e. The first-order chi connectivity index (χ1) is 8.66. The van der Waals surface area contributed by atoms with E-state index in [-0.39, 0.29) is 6.04 Å². The third-order valence-electron chi connectivity index (χ3n) is 2.56. The van der Waals surface area contributed by atoms with Crippen LogP contribution >= 0.6 is 0 Å². The second kappa shape index (κ2) is 5.77. The summed E-state index contributed by atoms with van der Waals surface area (Å²) in [7, 11) is 0. The van der Waals surface area contributed by atoms with E-state index in [9.17, 15) is 0 Å². The van der Waals surface area contributed by atoms with Crippen molar-refractivity contribution in [2.75, 3.05) is 13.1 Å². The molecule has 0 fully saturated rings. The van der Waals surface area contributed by atoms with Crippen LogP contribution in [0.2, 0.25) is 0 Å². The maximum atomic E-state index is 5.23. The number of tetrazole rings is 1. The van der Waals surface area contributed by atoms with Crippen LogP contribution in [0, 0.1) is 5.92 Å². The molecule has 0 aromatic carbocycles. The Morgan fingerprint density at radius 1 is 1.33 bits per heavy atom. The van der Waals surface area contributed by atoms with Gasteiger partial charge in [-0.25, -0.2) is 0 Å². The van der Waals surface area contributed by atoms with Crippen LogP contribution in [0.25, 0.3) is 11.6 Å². The molecule has 0 spiro atoms. The second-order valence-electron chi connectivity index (χ2n) is 4.81. The van der Waals surface area contributed by atoms with Gasteiger partial charge in [-0.3, -0.25) is 0 Å². The Balaban J connectivity index is 1.93. The molecular weight excluding hydrogens is 230 g/mol. The minimum absolute atomic E-state index is 0.167. The highest BCUT2D eigenvalue weighted by molar-refractivity contribution is 5.43. The normalized spacial score (nSPS) is 13.1. The highest BCUT2D eigenvalue weighted by atomic mass is 16.3. The van der Waals surface area contributed by atoms with Crippen molar-refractivity contribution in [1.29, 1.82) is 0 Å². The number of aromatic nitrogens is 4. The van der Waals surface area contributed by atoms with Gasteiger partial charge in [0.2, 0.25) is 5.82 Å². The van der Waals surface area contributed by atoms with Crippen molar-refractivity contribution in [3.63, 3.8) is 0 Å². The van der Waals surface area contributed by atoms with E-state index in [1.54, 1.807) is 11.1 Å². The van der Waals surface area contributed by atoms with Gasteiger partial charge in [-0.05, 0) is 36.7 Å². The van der Waals surface area contributed by atoms with E-state index in [0.29, 0.717) is 17.5 Å². The fourth-order valence-corrected chi connectivity index (χ4v) is 1.58. The Hall–Kier alpha value is -1.69. The summed E-state index contributed by atoms with van der Waals surface area (Å²) in [5.74, 6) is 1.80. The molecule has 98 valence electrons. The Morgan fingerprint density at radius 2 is 2.17 bits per heavy atom. The zero-order valence-electron chi connectivity index (χ0n) is 11.0. The van der Waals surface area contributed by atoms with Gasteiger partial charge in [0, 0.05) is 6.54 Å². The summed E-state index contributed by atoms with van der Waals surface area (Å²) in [6.45, 7) is 8.23. The van der Waals surface area contributed by atoms with Crippen LogP contribution in [-0.4, -0.2) is 33.3 Å². The summed E-state index contributed by atoms with van der Waals surface area (Å²) < 4.78 is 5.23. The number of rotatable bonds is 6. The fraction of sp³-hybridized carbons (Fsp3) is 0.583. The van der Waals surface area contributed by atoms with Gasteiger partial charge < -0.3 is 9.73 Å². The van der Waals surface area contributed by atoms with Crippen LogP contribution in [0.3, 0.4) is 0 Å². The number of nitrogens with one attached hydrogen (secondary N) is 1. The lowest BCUT2D eigenvalue weighted by atomic mass is 10.2. The van der Waals surface area contributed by atoms with Gasteiger partial charge in [-0.2, -0.15) is 4.80 Å². The maximum absolute atomic E-state index is 5.23. The van der Waals surface area contributed by atoms with Crippen LogP contribution in [0.5, 0.6) is 0 Å². The Kier molecular flexibility index (Phi) is 4.09. The van der Waals surface area contributed by atoms with Crippen molar-refractivity contribution in [3.8, 4) is 11.6 Å². The summed E-state index contributed by atoms with van der Waals surface area (Å²) in [4.78, 5) is 1.62. The third kappa shape index (κ3) is 3.16. The lowest BCUT2D eigenvalue weighted by Crippen LogP contribution is -2.27. The number of furan rings is 1. The third-order valence-corrected chi connectivity index (χ3v) is 2.56. The molecule has 0 saturated carbocycles. The molecule has 1 N–H and O–H groups in total. The molecule has 6 nitrogen and oxygen atoms in total. The summed E-state index contributed by atoms with van der Waals surface area (Å²) >= 11 is 0. The van der Waals surface area contributed by atoms with Gasteiger partial charge in [0.05, 0.1) is 12.3 Å². The predicted octanol–water partition coefficient (Wildman–Crippen LogP) is 1.74. The molecule has 1 unspecified atom stereocenters. The first kappa shape index (κ1) is 12.8. The molecule has 6 heteroatoms. The van der Waals surface area contributed by atoms with Gasteiger partial charge in [-0.1, -0.05) is 13.8 Å². The van der Waals surface area contributed by atoms with Crippen LogP contribution in [0.4, 0.5) is 0 Å². The molecule has 0 aliphatic rings. The van der Waals surface area contributed by atoms with E-state index in [1.165, 1.54) is 0 Å². The topological polar surface area (TPSA) is 68.8 Å². The minimum atomic E-state index is 0.167. The van der Waals surface area contributed by atoms with Gasteiger partial charge >= 0.3 is 0 Å². The number of hydrogen-bond acceptors (Lipinski definition) is 5. The van der Waals surface area contributed by atoms with Crippen molar-refractivity contribution in [2.24, 2.45) is 5.92 Å². The van der Waals surface area contributed by atoms with Crippen LogP contribution in [0.15, 0.2) is 22.8 Å². The summed E-state index contributed by atoms with van der Waals surface area (Å²) in [5.41, 5.74) is 0. The molecular formula is C12H19N5O. The first-order valence-corrected chi connectivity index (χ1v) is 6.21. The SMILES string of the molecule is CC(C)CNCC(C)n1nnc(-c2ccco2)n1. The standard InChI is InChI=1S/C12H19N5O/c1-9(2)7-13-8-10(3)17-15-12(14-16-17)11-5-4-6-18-11/h4-6,9-10,13H,7-8H2,1-3H3. The number of nitrogens with zero attached hydrogens (tertiary/aromatic N) is 4. The predicted molar refractivity (Wildman–Crippen MR) is 67.9 cm³/mol. The number of hydrogen-bond donors (Lipinski definition) is 1. The van der Waals surface area contributed by atoms with Gasteiger partial charge in [0.1, 0.15) is 0 Å². The molecule has 0 aliphatic heterocycles. The Morgan fingerprint density at radius 3 is 2.83 bits per heavy atom. The lowest BCUT2D eigenvalue weighted by Gasteiger charge is -2.12. The van der Waals surface area contributed by atoms with Crippen molar-refractivity contribution in [1.82, 2.24) is 25.5 Å². The largest absolute Gasteiger partial charge is 0.461 e. The molecule has 0 aliphatic carbocycles. The van der Waals surface area contributed by atoms with E-state index >= 15 is 0 Å². The average molecular weight is 249 g/mol. The van der Waals surface area contributed by atoms with E-state index < -0.39 is 0 Å². The molecule has 0 radical (unpaired) electrons. The molecule has 18 heavy (non-hydrogen) atoms. The maximum Gasteiger partial charge on any atom is 0.240 e. The van der Waals surface area contributed by atoms with E-state index in [4.69, 9.17) is 4.42 Å². The average Bonchev–Trinajstić information content (AvgIpc) is 2.99. The van der Waals surface area contributed by atoms with Crippen LogP contribution in [0.1, 0.15) is 26.8 Å². The quantitative estimate of drug-likeness (QED) is 0.844. The molecule has 2 rings (SSSR count). The van der Waals surface area contributed by atoms with Gasteiger partial charge in [0.25, 0.3) is 0 Å². The van der Waals surface area contributed by atoms with Crippen molar-refractivity contribution in [3.05, 3.63) is 18.4 Å². The van der Waals surface area contributed by atoms with Crippen LogP contribution < -0.4 is 5.32 Å². The Bertz CT molecular complexity index is 463. The molecule has 0 amide bonds. The highest BCUT2D eigenvalue weighted by Crippen LogP contribution is 2.14. The minimum Gasteiger partial charge on any atom is -0.461 e. The zero-order chi connectivity index (χ0) is 13.0. The molecule has 1 atom stereocenters. The highest BCUT2D eigenvalue weighted by Gasteiger charge is 2.12. The summed E-state index contributed by atoms with van der Waals surface area (Å²) in [5, 5.41) is 15.7. The van der Waals surface area contributed by atoms with E-state index in [1.807, 2.05) is 12.1 Å². The molecule has 0 saturated heterocycles. The zero-order valence-corrected chi connectivity index (χ0v) is 11.0. The lowest BCUT2D eigenvalue weighted by molar-refractivity contribution is 0.391. The first-order valence-electron chi connectivity index (χ1n) is 6.21. The molecule has 2 aromatic rings.